The Labute approximate surface area is 205 Å². The Morgan fingerprint density at radius 1 is 1.03 bits per heavy atom. The summed E-state index contributed by atoms with van der Waals surface area (Å²) in [4.78, 5) is 13.3. The molecule has 0 saturated carbocycles. The van der Waals surface area contributed by atoms with Crippen molar-refractivity contribution in [3.8, 4) is 11.5 Å². The molecule has 0 aliphatic heterocycles. The molecule has 184 valence electrons. The number of carbonyl (C=O) groups is 1. The number of nitrogens with one attached hydrogen (secondary N) is 4. The van der Waals surface area contributed by atoms with Crippen LogP contribution in [-0.4, -0.2) is 24.5 Å². The molecular weight excluding hydrogens is 444 g/mol. The second kappa shape index (κ2) is 11.6. The van der Waals surface area contributed by atoms with E-state index in [0.29, 0.717) is 46.3 Å². The van der Waals surface area contributed by atoms with Gasteiger partial charge in [0.15, 0.2) is 11.5 Å². The van der Waals surface area contributed by atoms with E-state index in [2.05, 4.69) is 16.2 Å². The van der Waals surface area contributed by atoms with Gasteiger partial charge in [0.2, 0.25) is 0 Å². The van der Waals surface area contributed by atoms with Gasteiger partial charge in [-0.2, -0.15) is 0 Å². The summed E-state index contributed by atoms with van der Waals surface area (Å²) in [6.45, 7) is 6.21. The molecule has 0 radical (unpaired) electrons. The number of benzene rings is 3. The fourth-order valence-electron chi connectivity index (χ4n) is 3.35. The maximum atomic E-state index is 13.3. The third-order valence-electron chi connectivity index (χ3n) is 5.01. The van der Waals surface area contributed by atoms with Crippen molar-refractivity contribution in [1.29, 1.82) is 5.41 Å². The fourth-order valence-corrected chi connectivity index (χ4v) is 3.35. The fraction of sp³-hybridized carbons (Fsp3) is 0.231. The first kappa shape index (κ1) is 25.2. The van der Waals surface area contributed by atoms with Gasteiger partial charge >= 0.3 is 0 Å². The molecular formula is C26H32N6O3. The van der Waals surface area contributed by atoms with Crippen molar-refractivity contribution in [3.05, 3.63) is 77.9 Å². The summed E-state index contributed by atoms with van der Waals surface area (Å²) in [6, 6.07) is 18.7. The number of anilines is 3. The average molecular weight is 477 g/mol. The van der Waals surface area contributed by atoms with Crippen LogP contribution in [0.15, 0.2) is 66.7 Å². The predicted octanol–water partition coefficient (Wildman–Crippen LogP) is 4.04. The van der Waals surface area contributed by atoms with Crippen LogP contribution in [-0.2, 0) is 4.79 Å². The van der Waals surface area contributed by atoms with Gasteiger partial charge in [0.05, 0.1) is 24.1 Å². The van der Waals surface area contributed by atoms with Gasteiger partial charge in [-0.05, 0) is 74.9 Å². The Morgan fingerprint density at radius 3 is 2.37 bits per heavy atom. The van der Waals surface area contributed by atoms with Gasteiger partial charge in [-0.3, -0.25) is 21.1 Å². The Balaban J connectivity index is 1.91. The monoisotopic (exact) mass is 476 g/mol. The zero-order chi connectivity index (χ0) is 25.4. The number of hydrogen-bond donors (Lipinski definition) is 6. The van der Waals surface area contributed by atoms with Crippen LogP contribution in [0.2, 0.25) is 0 Å². The van der Waals surface area contributed by atoms with E-state index < -0.39 is 6.04 Å². The molecule has 1 unspecified atom stereocenters. The summed E-state index contributed by atoms with van der Waals surface area (Å²) >= 11 is 0. The molecule has 0 aliphatic rings. The lowest BCUT2D eigenvalue weighted by Crippen LogP contribution is -2.37. The number of hydrazine groups is 1. The van der Waals surface area contributed by atoms with Crippen LogP contribution >= 0.6 is 0 Å². The Morgan fingerprint density at radius 2 is 1.74 bits per heavy atom. The van der Waals surface area contributed by atoms with E-state index >= 15 is 0 Å². The van der Waals surface area contributed by atoms with E-state index in [1.807, 2.05) is 39.0 Å². The molecule has 8 N–H and O–H groups in total. The van der Waals surface area contributed by atoms with E-state index in [0.717, 1.165) is 0 Å². The summed E-state index contributed by atoms with van der Waals surface area (Å²) in [5.41, 5.74) is 20.2. The molecule has 9 nitrogen and oxygen atoms in total. The number of ether oxygens (including phenoxy) is 2. The van der Waals surface area contributed by atoms with Crippen molar-refractivity contribution in [2.45, 2.75) is 32.9 Å². The van der Waals surface area contributed by atoms with Gasteiger partial charge in [0.25, 0.3) is 5.91 Å². The highest BCUT2D eigenvalue weighted by Gasteiger charge is 2.23. The minimum Gasteiger partial charge on any atom is -0.490 e. The van der Waals surface area contributed by atoms with Crippen molar-refractivity contribution in [3.63, 3.8) is 0 Å². The molecule has 0 bridgehead atoms. The molecule has 1 amide bonds. The number of nitrogen functional groups attached to an aromatic ring is 2. The number of carbonyl (C=O) groups excluding carboxylic acids is 1. The number of amides is 1. The molecule has 0 aliphatic carbocycles. The van der Waals surface area contributed by atoms with E-state index in [-0.39, 0.29) is 17.8 Å². The lowest BCUT2D eigenvalue weighted by Gasteiger charge is -2.23. The molecule has 1 atom stereocenters. The van der Waals surface area contributed by atoms with Gasteiger partial charge in [-0.15, -0.1) is 0 Å². The van der Waals surface area contributed by atoms with Gasteiger partial charge in [0, 0.05) is 11.3 Å². The largest absolute Gasteiger partial charge is 0.490 e. The minimum absolute atomic E-state index is 0.0300. The van der Waals surface area contributed by atoms with Crippen LogP contribution in [0.5, 0.6) is 11.5 Å². The smallest absolute Gasteiger partial charge is 0.265 e. The zero-order valence-electron chi connectivity index (χ0n) is 20.1. The molecule has 0 saturated heterocycles. The Bertz CT molecular complexity index is 1160. The van der Waals surface area contributed by atoms with E-state index in [9.17, 15) is 4.79 Å². The Hall–Kier alpha value is -4.40. The molecule has 3 rings (SSSR count). The summed E-state index contributed by atoms with van der Waals surface area (Å²) in [5.74, 6) is 0.776. The van der Waals surface area contributed by atoms with Gasteiger partial charge in [-0.25, -0.2) is 0 Å². The molecule has 0 heterocycles. The molecule has 3 aromatic rings. The molecule has 0 aromatic heterocycles. The first-order chi connectivity index (χ1) is 16.8. The first-order valence-corrected chi connectivity index (χ1v) is 11.3. The average Bonchev–Trinajstić information content (AvgIpc) is 2.83. The summed E-state index contributed by atoms with van der Waals surface area (Å²) in [6.07, 6.45) is -0.0300. The van der Waals surface area contributed by atoms with Crippen molar-refractivity contribution in [1.82, 2.24) is 5.43 Å². The highest BCUT2D eigenvalue weighted by atomic mass is 16.5. The van der Waals surface area contributed by atoms with Crippen molar-refractivity contribution in [2.24, 2.45) is 5.73 Å². The minimum atomic E-state index is -0.789. The summed E-state index contributed by atoms with van der Waals surface area (Å²) in [5, 5.41) is 10.8. The Kier molecular flexibility index (Phi) is 8.39. The predicted molar refractivity (Wildman–Crippen MR) is 140 cm³/mol. The highest BCUT2D eigenvalue weighted by Crippen LogP contribution is 2.33. The zero-order valence-corrected chi connectivity index (χ0v) is 20.1. The molecule has 0 fully saturated rings. The first-order valence-electron chi connectivity index (χ1n) is 11.3. The molecule has 9 heteroatoms. The van der Waals surface area contributed by atoms with Crippen molar-refractivity contribution < 1.29 is 14.3 Å². The quantitative estimate of drug-likeness (QED) is 0.106. The van der Waals surface area contributed by atoms with Gasteiger partial charge < -0.3 is 26.3 Å². The maximum Gasteiger partial charge on any atom is 0.265 e. The standard InChI is InChI=1S/C26H32N6O3/c1-4-34-23-15-18(11-14-22(23)35-16(2)3)24(30-19-12-9-17(10-13-19)25(28)29)26(33)32-31-21-8-6-5-7-20(21)27/h5-16,24,30-31H,4,27H2,1-3H3,(H3,28,29)(H,32,33). The second-order valence-corrected chi connectivity index (χ2v) is 8.08. The number of para-hydroxylation sites is 2. The third kappa shape index (κ3) is 6.80. The number of hydrogen-bond acceptors (Lipinski definition) is 7. The van der Waals surface area contributed by atoms with Crippen LogP contribution in [0.25, 0.3) is 0 Å². The van der Waals surface area contributed by atoms with Gasteiger partial charge in [-0.1, -0.05) is 18.2 Å². The van der Waals surface area contributed by atoms with Crippen LogP contribution in [0, 0.1) is 5.41 Å². The third-order valence-corrected chi connectivity index (χ3v) is 5.01. The van der Waals surface area contributed by atoms with E-state index in [1.54, 1.807) is 48.5 Å². The lowest BCUT2D eigenvalue weighted by molar-refractivity contribution is -0.121. The summed E-state index contributed by atoms with van der Waals surface area (Å²) < 4.78 is 11.7. The summed E-state index contributed by atoms with van der Waals surface area (Å²) in [7, 11) is 0. The van der Waals surface area contributed by atoms with E-state index in [1.165, 1.54) is 0 Å². The van der Waals surface area contributed by atoms with E-state index in [4.69, 9.17) is 26.4 Å². The maximum absolute atomic E-state index is 13.3. The van der Waals surface area contributed by atoms with Crippen LogP contribution in [0.1, 0.15) is 37.9 Å². The SMILES string of the molecule is CCOc1cc(C(Nc2ccc(C(=N)N)cc2)C(=O)NNc2ccccc2N)ccc1OC(C)C. The number of amidine groups is 1. The van der Waals surface area contributed by atoms with Crippen LogP contribution in [0.3, 0.4) is 0 Å². The molecule has 3 aromatic carbocycles. The van der Waals surface area contributed by atoms with Gasteiger partial charge in [0.1, 0.15) is 11.9 Å². The van der Waals surface area contributed by atoms with Crippen molar-refractivity contribution in [2.75, 3.05) is 23.1 Å². The normalized spacial score (nSPS) is 11.4. The van der Waals surface area contributed by atoms with Crippen molar-refractivity contribution >= 4 is 28.8 Å². The number of nitrogens with two attached hydrogens (primary N) is 2. The topological polar surface area (TPSA) is 148 Å². The van der Waals surface area contributed by atoms with Crippen LogP contribution < -0.4 is 37.1 Å². The number of rotatable bonds is 11. The molecule has 35 heavy (non-hydrogen) atoms. The van der Waals surface area contributed by atoms with Crippen LogP contribution in [0.4, 0.5) is 17.1 Å². The lowest BCUT2D eigenvalue weighted by atomic mass is 10.0. The molecule has 0 spiro atoms. The second-order valence-electron chi connectivity index (χ2n) is 8.08. The highest BCUT2D eigenvalue weighted by molar-refractivity contribution is 5.95.